The number of carbonyl (C=O) groups is 1. The predicted molar refractivity (Wildman–Crippen MR) is 378 cm³/mol. The lowest BCUT2D eigenvalue weighted by Gasteiger charge is -2.40. The van der Waals surface area contributed by atoms with Gasteiger partial charge in [0.05, 0.1) is 25.4 Å². The first-order chi connectivity index (χ1) is 43.3. The van der Waals surface area contributed by atoms with Crippen molar-refractivity contribution in [2.24, 2.45) is 0 Å². The Balaban J connectivity index is 2.02. The SMILES string of the molecule is CCCCCCC/C=C\C/C=C\C/C=C\CCCCCCCCCCCCCCCCCCCCCCCCCCCCC(=O)NC(COC1OC(CO)C(O)C(O)C1O)C(O)CCCCCCCCCCCCCCCCCCCCCCCCCC. The van der Waals surface area contributed by atoms with Gasteiger partial charge in [0.25, 0.3) is 0 Å². The summed E-state index contributed by atoms with van der Waals surface area (Å²) in [7, 11) is 0. The molecule has 1 fully saturated rings. The number of carbonyl (C=O) groups excluding carboxylic acids is 1. The number of amides is 1. The van der Waals surface area contributed by atoms with Crippen molar-refractivity contribution in [1.82, 2.24) is 5.32 Å². The number of rotatable bonds is 70. The van der Waals surface area contributed by atoms with Gasteiger partial charge in [0.1, 0.15) is 24.4 Å². The summed E-state index contributed by atoms with van der Waals surface area (Å²) in [6.45, 7) is 3.89. The van der Waals surface area contributed by atoms with Crippen LogP contribution in [0.1, 0.15) is 406 Å². The Labute approximate surface area is 546 Å². The van der Waals surface area contributed by atoms with Crippen LogP contribution in [0.3, 0.4) is 0 Å². The molecular weight excluding hydrogens is 1090 g/mol. The second-order valence-corrected chi connectivity index (χ2v) is 27.5. The van der Waals surface area contributed by atoms with Crippen molar-refractivity contribution < 1.29 is 39.8 Å². The molecule has 9 heteroatoms. The van der Waals surface area contributed by atoms with Gasteiger partial charge in [-0.3, -0.25) is 4.79 Å². The maximum absolute atomic E-state index is 13.2. The minimum absolute atomic E-state index is 0.132. The zero-order valence-corrected chi connectivity index (χ0v) is 58.5. The van der Waals surface area contributed by atoms with Gasteiger partial charge in [-0.05, 0) is 51.4 Å². The Morgan fingerprint density at radius 2 is 0.670 bits per heavy atom. The summed E-state index contributed by atoms with van der Waals surface area (Å²) in [5.74, 6) is -0.134. The molecule has 0 spiro atoms. The van der Waals surface area contributed by atoms with Crippen LogP contribution in [-0.2, 0) is 14.3 Å². The van der Waals surface area contributed by atoms with Crippen LogP contribution in [-0.4, -0.2) is 87.5 Å². The Morgan fingerprint density at radius 3 is 0.989 bits per heavy atom. The standard InChI is InChI=1S/C79H151NO8/c1-3-5-7-9-11-13-15-17-19-21-23-25-27-29-30-31-32-33-34-35-36-37-38-39-40-41-42-43-44-45-47-49-51-53-55-57-59-61-63-65-67-69-75(83)80-72(71-87-79-78(86)77(85)76(84)74(70-81)88-79)73(82)68-66-64-62-60-58-56-54-52-50-48-46-28-26-24-22-20-18-16-14-12-10-8-6-4-2/h15,17,21,23,27,29,72-74,76-79,81-82,84-86H,3-14,16,18-20,22,24-26,28,30-71H2,1-2H3,(H,80,83)/b17-15-,23-21-,29-27-. The van der Waals surface area contributed by atoms with Gasteiger partial charge in [-0.2, -0.15) is 0 Å². The van der Waals surface area contributed by atoms with E-state index in [9.17, 15) is 30.3 Å². The van der Waals surface area contributed by atoms with E-state index in [1.165, 1.54) is 327 Å². The summed E-state index contributed by atoms with van der Waals surface area (Å²) in [5, 5.41) is 55.0. The van der Waals surface area contributed by atoms with E-state index in [0.717, 1.165) is 51.4 Å². The van der Waals surface area contributed by atoms with Crippen LogP contribution < -0.4 is 5.32 Å². The summed E-state index contributed by atoms with van der Waals surface area (Å²) in [4.78, 5) is 13.2. The molecule has 520 valence electrons. The average molecular weight is 1240 g/mol. The zero-order chi connectivity index (χ0) is 63.5. The van der Waals surface area contributed by atoms with Crippen LogP contribution in [0.4, 0.5) is 0 Å². The Hall–Kier alpha value is -1.59. The van der Waals surface area contributed by atoms with Crippen molar-refractivity contribution in [3.63, 3.8) is 0 Å². The van der Waals surface area contributed by atoms with Crippen molar-refractivity contribution in [2.45, 2.75) is 448 Å². The number of unbranched alkanes of at least 4 members (excludes halogenated alkanes) is 54. The Morgan fingerprint density at radius 1 is 0.386 bits per heavy atom. The van der Waals surface area contributed by atoms with E-state index in [4.69, 9.17) is 9.47 Å². The molecule has 6 N–H and O–H groups in total. The number of hydrogen-bond acceptors (Lipinski definition) is 8. The third-order valence-corrected chi connectivity index (χ3v) is 19.0. The van der Waals surface area contributed by atoms with Crippen LogP contribution in [0.15, 0.2) is 36.5 Å². The number of nitrogens with one attached hydrogen (secondary N) is 1. The smallest absolute Gasteiger partial charge is 0.220 e. The Kier molecular flexibility index (Phi) is 65.5. The van der Waals surface area contributed by atoms with E-state index in [0.29, 0.717) is 12.8 Å². The van der Waals surface area contributed by atoms with E-state index in [-0.39, 0.29) is 12.5 Å². The van der Waals surface area contributed by atoms with E-state index >= 15 is 0 Å². The fourth-order valence-corrected chi connectivity index (χ4v) is 12.9. The Bertz CT molecular complexity index is 1490. The third-order valence-electron chi connectivity index (χ3n) is 19.0. The van der Waals surface area contributed by atoms with E-state index in [1.54, 1.807) is 0 Å². The molecule has 0 saturated carbocycles. The highest BCUT2D eigenvalue weighted by atomic mass is 16.7. The molecule has 0 aromatic rings. The molecule has 88 heavy (non-hydrogen) atoms. The quantitative estimate of drug-likeness (QED) is 0.0261. The maximum atomic E-state index is 13.2. The zero-order valence-electron chi connectivity index (χ0n) is 58.5. The molecule has 0 bridgehead atoms. The summed E-state index contributed by atoms with van der Waals surface area (Å²) in [6, 6.07) is -0.718. The largest absolute Gasteiger partial charge is 0.394 e. The van der Waals surface area contributed by atoms with Gasteiger partial charge in [-0.15, -0.1) is 0 Å². The number of allylic oxidation sites excluding steroid dienone is 6. The molecule has 0 aromatic carbocycles. The molecular formula is C79H151NO8. The minimum Gasteiger partial charge on any atom is -0.394 e. The average Bonchev–Trinajstić information content (AvgIpc) is 3.31. The van der Waals surface area contributed by atoms with Crippen LogP contribution in [0.5, 0.6) is 0 Å². The minimum atomic E-state index is -1.55. The lowest BCUT2D eigenvalue weighted by molar-refractivity contribution is -0.302. The fourth-order valence-electron chi connectivity index (χ4n) is 12.9. The van der Waals surface area contributed by atoms with Gasteiger partial charge in [-0.25, -0.2) is 0 Å². The van der Waals surface area contributed by atoms with Crippen LogP contribution in [0.25, 0.3) is 0 Å². The fraction of sp³-hybridized carbons (Fsp3) is 0.911. The molecule has 0 aromatic heterocycles. The highest BCUT2D eigenvalue weighted by Gasteiger charge is 2.44. The van der Waals surface area contributed by atoms with E-state index in [1.807, 2.05) is 0 Å². The number of aliphatic hydroxyl groups excluding tert-OH is 5. The molecule has 9 nitrogen and oxygen atoms in total. The third kappa shape index (κ3) is 56.0. The second kappa shape index (κ2) is 68.3. The van der Waals surface area contributed by atoms with Crippen molar-refractivity contribution in [1.29, 1.82) is 0 Å². The number of aliphatic hydroxyl groups is 5. The first-order valence-corrected chi connectivity index (χ1v) is 39.2. The maximum Gasteiger partial charge on any atom is 0.220 e. The summed E-state index contributed by atoms with van der Waals surface area (Å²) in [5.41, 5.74) is 0. The van der Waals surface area contributed by atoms with Gasteiger partial charge in [0, 0.05) is 6.42 Å². The predicted octanol–water partition coefficient (Wildman–Crippen LogP) is 22.2. The monoisotopic (exact) mass is 1240 g/mol. The normalized spacial score (nSPS) is 18.0. The van der Waals surface area contributed by atoms with Crippen molar-refractivity contribution >= 4 is 5.91 Å². The molecule has 1 aliphatic heterocycles. The van der Waals surface area contributed by atoms with Crippen LogP contribution in [0, 0.1) is 0 Å². The van der Waals surface area contributed by atoms with Crippen molar-refractivity contribution in [2.75, 3.05) is 13.2 Å². The molecule has 7 atom stereocenters. The van der Waals surface area contributed by atoms with Gasteiger partial charge >= 0.3 is 0 Å². The van der Waals surface area contributed by atoms with Crippen molar-refractivity contribution in [3.8, 4) is 0 Å². The lowest BCUT2D eigenvalue weighted by Crippen LogP contribution is -2.60. The first kappa shape index (κ1) is 84.4. The van der Waals surface area contributed by atoms with Crippen molar-refractivity contribution in [3.05, 3.63) is 36.5 Å². The highest BCUT2D eigenvalue weighted by molar-refractivity contribution is 5.76. The first-order valence-electron chi connectivity index (χ1n) is 39.2. The molecule has 1 amide bonds. The van der Waals surface area contributed by atoms with Crippen LogP contribution in [0.2, 0.25) is 0 Å². The molecule has 1 aliphatic rings. The highest BCUT2D eigenvalue weighted by Crippen LogP contribution is 2.24. The summed E-state index contributed by atoms with van der Waals surface area (Å²) < 4.78 is 11.4. The molecule has 0 aliphatic carbocycles. The molecule has 1 saturated heterocycles. The topological polar surface area (TPSA) is 149 Å². The van der Waals surface area contributed by atoms with Gasteiger partial charge < -0.3 is 40.3 Å². The van der Waals surface area contributed by atoms with Crippen LogP contribution >= 0.6 is 0 Å². The van der Waals surface area contributed by atoms with Gasteiger partial charge in [0.2, 0.25) is 5.91 Å². The van der Waals surface area contributed by atoms with E-state index in [2.05, 4.69) is 55.6 Å². The lowest BCUT2D eigenvalue weighted by atomic mass is 9.99. The summed E-state index contributed by atoms with van der Waals surface area (Å²) in [6.07, 6.45) is 85.4. The van der Waals surface area contributed by atoms with E-state index < -0.39 is 49.5 Å². The molecule has 1 rings (SSSR count). The molecule has 0 radical (unpaired) electrons. The number of hydrogen-bond donors (Lipinski definition) is 6. The van der Waals surface area contributed by atoms with Gasteiger partial charge in [-0.1, -0.05) is 384 Å². The molecule has 7 unspecified atom stereocenters. The summed E-state index contributed by atoms with van der Waals surface area (Å²) >= 11 is 0. The molecule has 1 heterocycles. The van der Waals surface area contributed by atoms with Gasteiger partial charge in [0.15, 0.2) is 6.29 Å². The number of ether oxygens (including phenoxy) is 2. The second-order valence-electron chi connectivity index (χ2n) is 27.5.